The maximum Gasteiger partial charge on any atom is 0.472 e. The van der Waals surface area contributed by atoms with E-state index in [-0.39, 0.29) is 18.9 Å². The van der Waals surface area contributed by atoms with Crippen molar-refractivity contribution in [2.24, 2.45) is 0 Å². The maximum absolute atomic E-state index is 13.0. The summed E-state index contributed by atoms with van der Waals surface area (Å²) in [6.45, 7) is 4.47. The van der Waals surface area contributed by atoms with Crippen molar-refractivity contribution < 1.29 is 38.0 Å². The fraction of sp³-hybridized carbons (Fsp3) is 0.780. The Balaban J connectivity index is 4.12. The highest BCUT2D eigenvalue weighted by atomic mass is 31.2. The number of carbonyl (C=O) groups excluding carboxylic acids is 1. The number of hydrogen-bond acceptors (Lipinski definition) is 6. The fourth-order valence-electron chi connectivity index (χ4n) is 8.05. The Morgan fingerprint density at radius 2 is 0.899 bits per heavy atom. The number of hydrogen-bond donors (Lipinski definition) is 4. The minimum Gasteiger partial charge on any atom is -0.390 e. The summed E-state index contributed by atoms with van der Waals surface area (Å²) in [5, 5.41) is 24.8. The van der Waals surface area contributed by atoms with Crippen LogP contribution in [0.4, 0.5) is 0 Å². The third kappa shape index (κ3) is 50.6. The van der Waals surface area contributed by atoms with Crippen LogP contribution in [0.15, 0.2) is 72.9 Å². The first-order valence-corrected chi connectivity index (χ1v) is 29.9. The van der Waals surface area contributed by atoms with Crippen LogP contribution in [0.25, 0.3) is 0 Å². The number of aliphatic hydroxyl groups excluding tert-OH is 2. The normalized spacial score (nSPS) is 15.0. The highest BCUT2D eigenvalue weighted by Crippen LogP contribution is 2.43. The van der Waals surface area contributed by atoms with Crippen molar-refractivity contribution in [2.75, 3.05) is 40.9 Å². The number of carbonyl (C=O) groups is 1. The van der Waals surface area contributed by atoms with Crippen molar-refractivity contribution >= 4 is 13.7 Å². The Labute approximate surface area is 426 Å². The Bertz CT molecular complexity index is 1370. The first kappa shape index (κ1) is 66.9. The largest absolute Gasteiger partial charge is 0.472 e. The number of phosphoric acid groups is 1. The molecular formula is C59H110N2O7P+. The molecule has 0 spiro atoms. The third-order valence-corrected chi connectivity index (χ3v) is 13.5. The monoisotopic (exact) mass is 990 g/mol. The minimum atomic E-state index is -4.43. The predicted molar refractivity (Wildman–Crippen MR) is 296 cm³/mol. The summed E-state index contributed by atoms with van der Waals surface area (Å²) < 4.78 is 23.6. The van der Waals surface area contributed by atoms with Crippen molar-refractivity contribution in [3.8, 4) is 0 Å². The van der Waals surface area contributed by atoms with Crippen molar-refractivity contribution in [3.63, 3.8) is 0 Å². The molecule has 69 heavy (non-hydrogen) atoms. The Kier molecular flexibility index (Phi) is 48.0. The molecule has 4 N–H and O–H groups in total. The molecule has 0 saturated heterocycles. The van der Waals surface area contributed by atoms with E-state index in [4.69, 9.17) is 9.05 Å². The van der Waals surface area contributed by atoms with Gasteiger partial charge in [0, 0.05) is 6.42 Å². The molecule has 0 radical (unpaired) electrons. The van der Waals surface area contributed by atoms with Crippen molar-refractivity contribution in [2.45, 2.75) is 257 Å². The van der Waals surface area contributed by atoms with Crippen LogP contribution in [0.5, 0.6) is 0 Å². The molecule has 0 aromatic rings. The van der Waals surface area contributed by atoms with Crippen LogP contribution in [0.1, 0.15) is 239 Å². The molecule has 0 aromatic carbocycles. The van der Waals surface area contributed by atoms with Crippen LogP contribution in [0.2, 0.25) is 0 Å². The number of nitrogens with one attached hydrogen (secondary N) is 1. The molecule has 1 amide bonds. The number of phosphoric ester groups is 1. The van der Waals surface area contributed by atoms with E-state index < -0.39 is 32.7 Å². The van der Waals surface area contributed by atoms with E-state index in [0.717, 1.165) is 64.2 Å². The lowest BCUT2D eigenvalue weighted by atomic mass is 10.0. The molecule has 0 saturated carbocycles. The van der Waals surface area contributed by atoms with Gasteiger partial charge in [0.05, 0.1) is 39.9 Å². The maximum atomic E-state index is 13.0. The van der Waals surface area contributed by atoms with Crippen LogP contribution in [0.3, 0.4) is 0 Å². The summed E-state index contributed by atoms with van der Waals surface area (Å²) in [6, 6.07) is -1.05. The molecule has 0 aliphatic rings. The topological polar surface area (TPSA) is 125 Å². The molecule has 0 bridgehead atoms. The SMILES string of the molecule is CC/C=C\C/C=C\C/C=C\C/C=C\C/C=C\CCCCCCCCCCCCCCCCCCCC(=O)NC(COP(=O)(O)OCC[N+](C)(C)C)C(O)C(O)CCC/C=C/CCCCCCCCC. The van der Waals surface area contributed by atoms with E-state index in [2.05, 4.69) is 92.1 Å². The molecule has 0 aliphatic heterocycles. The number of unbranched alkanes of at least 4 members (excludes halogenated alkanes) is 25. The van der Waals surface area contributed by atoms with E-state index in [1.807, 2.05) is 21.1 Å². The van der Waals surface area contributed by atoms with Gasteiger partial charge in [0.15, 0.2) is 0 Å². The zero-order valence-corrected chi connectivity index (χ0v) is 46.3. The van der Waals surface area contributed by atoms with Gasteiger partial charge in [-0.1, -0.05) is 222 Å². The van der Waals surface area contributed by atoms with E-state index in [9.17, 15) is 24.5 Å². The first-order valence-electron chi connectivity index (χ1n) is 28.4. The van der Waals surface area contributed by atoms with E-state index in [1.165, 1.54) is 141 Å². The van der Waals surface area contributed by atoms with Crippen LogP contribution >= 0.6 is 7.82 Å². The van der Waals surface area contributed by atoms with Gasteiger partial charge in [-0.15, -0.1) is 0 Å². The van der Waals surface area contributed by atoms with Crippen LogP contribution in [-0.4, -0.2) is 84.6 Å². The number of nitrogens with zero attached hydrogens (tertiary/aromatic N) is 1. The summed E-state index contributed by atoms with van der Waals surface area (Å²) in [5.41, 5.74) is 0. The molecule has 0 rings (SSSR count). The van der Waals surface area contributed by atoms with Gasteiger partial charge in [0.2, 0.25) is 5.91 Å². The number of quaternary nitrogens is 1. The van der Waals surface area contributed by atoms with E-state index >= 15 is 0 Å². The van der Waals surface area contributed by atoms with Gasteiger partial charge in [0.25, 0.3) is 0 Å². The lowest BCUT2D eigenvalue weighted by molar-refractivity contribution is -0.870. The second kappa shape index (κ2) is 49.5. The second-order valence-corrected chi connectivity index (χ2v) is 21.9. The van der Waals surface area contributed by atoms with E-state index in [0.29, 0.717) is 23.9 Å². The summed E-state index contributed by atoms with van der Waals surface area (Å²) in [6.07, 6.45) is 64.3. The zero-order valence-electron chi connectivity index (χ0n) is 45.4. The van der Waals surface area contributed by atoms with Crippen LogP contribution in [0, 0.1) is 0 Å². The van der Waals surface area contributed by atoms with Gasteiger partial charge < -0.3 is 24.9 Å². The molecule has 0 fully saturated rings. The Hall–Kier alpha value is -2.10. The summed E-state index contributed by atoms with van der Waals surface area (Å²) in [5.74, 6) is -0.269. The van der Waals surface area contributed by atoms with Gasteiger partial charge in [-0.3, -0.25) is 13.8 Å². The first-order chi connectivity index (χ1) is 33.4. The fourth-order valence-corrected chi connectivity index (χ4v) is 8.79. The average Bonchev–Trinajstić information content (AvgIpc) is 3.31. The second-order valence-electron chi connectivity index (χ2n) is 20.4. The molecule has 4 unspecified atom stereocenters. The molecule has 0 aromatic heterocycles. The highest BCUT2D eigenvalue weighted by molar-refractivity contribution is 7.47. The summed E-state index contributed by atoms with van der Waals surface area (Å²) >= 11 is 0. The number of amides is 1. The highest BCUT2D eigenvalue weighted by Gasteiger charge is 2.31. The third-order valence-electron chi connectivity index (χ3n) is 12.5. The molecular weight excluding hydrogens is 880 g/mol. The quantitative estimate of drug-likeness (QED) is 0.0207. The van der Waals surface area contributed by atoms with Crippen LogP contribution in [-0.2, 0) is 18.4 Å². The Morgan fingerprint density at radius 1 is 0.522 bits per heavy atom. The number of allylic oxidation sites excluding steroid dienone is 12. The van der Waals surface area contributed by atoms with Gasteiger partial charge >= 0.3 is 7.82 Å². The van der Waals surface area contributed by atoms with Gasteiger partial charge in [0.1, 0.15) is 19.3 Å². The molecule has 10 heteroatoms. The van der Waals surface area contributed by atoms with Gasteiger partial charge in [-0.2, -0.15) is 0 Å². The van der Waals surface area contributed by atoms with Crippen molar-refractivity contribution in [1.29, 1.82) is 0 Å². The lowest BCUT2D eigenvalue weighted by Crippen LogP contribution is -2.51. The molecule has 9 nitrogen and oxygen atoms in total. The van der Waals surface area contributed by atoms with Crippen LogP contribution < -0.4 is 5.32 Å². The number of rotatable bonds is 51. The molecule has 402 valence electrons. The summed E-state index contributed by atoms with van der Waals surface area (Å²) in [4.78, 5) is 23.3. The lowest BCUT2D eigenvalue weighted by Gasteiger charge is -2.28. The Morgan fingerprint density at radius 3 is 1.33 bits per heavy atom. The van der Waals surface area contributed by atoms with Crippen molar-refractivity contribution in [3.05, 3.63) is 72.9 Å². The van der Waals surface area contributed by atoms with Gasteiger partial charge in [-0.05, 0) is 83.5 Å². The predicted octanol–water partition coefficient (Wildman–Crippen LogP) is 16.1. The summed E-state index contributed by atoms with van der Waals surface area (Å²) in [7, 11) is 1.42. The smallest absolute Gasteiger partial charge is 0.390 e. The zero-order chi connectivity index (χ0) is 50.8. The minimum absolute atomic E-state index is 0.0151. The van der Waals surface area contributed by atoms with Crippen molar-refractivity contribution in [1.82, 2.24) is 5.32 Å². The number of likely N-dealkylation sites (N-methyl/N-ethyl adjacent to an activating group) is 1. The standard InChI is InChI=1S/C59H109N2O7P/c1-6-8-10-12-14-16-18-20-21-22-23-24-25-26-27-28-29-30-31-32-33-34-35-36-37-38-39-40-42-44-46-48-50-52-58(63)60-56(55-68-69(65,66)67-54-53-61(3,4)5)59(64)57(62)51-49-47-45-43-41-19-17-15-13-11-9-7-2/h8,10,14,16,20-21,23-24,26-27,43,45,56-57,59,62,64H,6-7,9,11-13,15,17-19,22,25,28-42,44,46-55H2,1-5H3,(H-,60,63,65,66)/p+1/b10-8-,16-14-,21-20-,24-23-,27-26-,45-43+. The van der Waals surface area contributed by atoms with Gasteiger partial charge in [-0.25, -0.2) is 4.57 Å². The number of aliphatic hydroxyl groups is 2. The molecule has 0 aliphatic carbocycles. The average molecular weight is 991 g/mol. The molecule has 0 heterocycles. The van der Waals surface area contributed by atoms with E-state index in [1.54, 1.807) is 0 Å². The molecule has 4 atom stereocenters.